The number of aryl methyl sites for hydroxylation is 1. The second-order valence-corrected chi connectivity index (χ2v) is 4.65. The van der Waals surface area contributed by atoms with Crippen LogP contribution in [0.5, 0.6) is 0 Å². The average molecular weight is 278 g/mol. The van der Waals surface area contributed by atoms with Gasteiger partial charge in [-0.15, -0.1) is 0 Å². The fourth-order valence-corrected chi connectivity index (χ4v) is 1.99. The second kappa shape index (κ2) is 9.34. The first-order valence-electron chi connectivity index (χ1n) is 7.10. The molecule has 1 rings (SSSR count). The number of hydrogen-bond donors (Lipinski definition) is 3. The van der Waals surface area contributed by atoms with Crippen LogP contribution in [0.1, 0.15) is 37.4 Å². The highest BCUT2D eigenvalue weighted by atomic mass is 16.5. The van der Waals surface area contributed by atoms with Crippen LogP contribution in [0.15, 0.2) is 29.3 Å². The molecule has 112 valence electrons. The molecule has 0 saturated carbocycles. The highest BCUT2D eigenvalue weighted by Gasteiger charge is 2.09. The molecule has 0 fully saturated rings. The summed E-state index contributed by atoms with van der Waals surface area (Å²) in [5.74, 6) is 6.11. The van der Waals surface area contributed by atoms with Crippen molar-refractivity contribution in [2.75, 3.05) is 19.8 Å². The van der Waals surface area contributed by atoms with Crippen LogP contribution in [0, 0.1) is 6.92 Å². The number of benzene rings is 1. The number of hydrogen-bond acceptors (Lipinski definition) is 3. The van der Waals surface area contributed by atoms with Crippen molar-refractivity contribution in [1.29, 1.82) is 0 Å². The van der Waals surface area contributed by atoms with Crippen LogP contribution in [0.25, 0.3) is 0 Å². The van der Waals surface area contributed by atoms with Gasteiger partial charge < -0.3 is 10.1 Å². The predicted octanol–water partition coefficient (Wildman–Crippen LogP) is 1.89. The molecule has 0 aromatic heterocycles. The minimum atomic E-state index is 0.151. The van der Waals surface area contributed by atoms with Crippen molar-refractivity contribution >= 4 is 5.96 Å². The standard InChI is InChI=1S/C15H26N4O/c1-4-20-11-7-10-17-15(19-16)18-13(3)14-9-6-5-8-12(14)2/h5-6,8-9,13H,4,7,10-11,16H2,1-3H3,(H2,17,18,19). The molecule has 0 bridgehead atoms. The summed E-state index contributed by atoms with van der Waals surface area (Å²) >= 11 is 0. The lowest BCUT2D eigenvalue weighted by Crippen LogP contribution is -2.42. The summed E-state index contributed by atoms with van der Waals surface area (Å²) in [7, 11) is 0. The number of nitrogens with one attached hydrogen (secondary N) is 2. The quantitative estimate of drug-likeness (QED) is 0.234. The topological polar surface area (TPSA) is 71.7 Å². The summed E-state index contributed by atoms with van der Waals surface area (Å²) in [5.41, 5.74) is 5.10. The molecule has 5 nitrogen and oxygen atoms in total. The number of hydrazine groups is 1. The molecule has 4 N–H and O–H groups in total. The van der Waals surface area contributed by atoms with Crippen molar-refractivity contribution in [3.05, 3.63) is 35.4 Å². The Morgan fingerprint density at radius 2 is 2.15 bits per heavy atom. The van der Waals surface area contributed by atoms with Gasteiger partial charge in [0.25, 0.3) is 0 Å². The van der Waals surface area contributed by atoms with Crippen molar-refractivity contribution in [2.45, 2.75) is 33.2 Å². The van der Waals surface area contributed by atoms with Gasteiger partial charge in [0, 0.05) is 19.8 Å². The van der Waals surface area contributed by atoms with Gasteiger partial charge in [0.15, 0.2) is 0 Å². The van der Waals surface area contributed by atoms with Gasteiger partial charge in [0.05, 0.1) is 6.04 Å². The minimum absolute atomic E-state index is 0.151. The summed E-state index contributed by atoms with van der Waals surface area (Å²) in [5, 5.41) is 3.29. The van der Waals surface area contributed by atoms with E-state index in [-0.39, 0.29) is 6.04 Å². The van der Waals surface area contributed by atoms with Gasteiger partial charge >= 0.3 is 0 Å². The van der Waals surface area contributed by atoms with Crippen molar-refractivity contribution in [3.8, 4) is 0 Å². The largest absolute Gasteiger partial charge is 0.382 e. The Labute approximate surface area is 121 Å². The van der Waals surface area contributed by atoms with Crippen LogP contribution in [-0.2, 0) is 4.74 Å². The Kier molecular flexibility index (Phi) is 7.69. The van der Waals surface area contributed by atoms with Gasteiger partial charge in [-0.1, -0.05) is 24.3 Å². The van der Waals surface area contributed by atoms with E-state index >= 15 is 0 Å². The first kappa shape index (κ1) is 16.5. The maximum Gasteiger partial charge on any atom is 0.206 e. The van der Waals surface area contributed by atoms with Crippen LogP contribution >= 0.6 is 0 Å². The van der Waals surface area contributed by atoms with E-state index in [0.29, 0.717) is 12.5 Å². The molecular weight excluding hydrogens is 252 g/mol. The molecule has 1 aromatic carbocycles. The monoisotopic (exact) mass is 278 g/mol. The summed E-state index contributed by atoms with van der Waals surface area (Å²) in [6, 6.07) is 8.43. The number of guanidine groups is 1. The van der Waals surface area contributed by atoms with Crippen LogP contribution in [0.4, 0.5) is 0 Å². The molecule has 1 atom stereocenters. The predicted molar refractivity (Wildman–Crippen MR) is 83.5 cm³/mol. The Balaban J connectivity index is 2.51. The van der Waals surface area contributed by atoms with E-state index in [1.54, 1.807) is 0 Å². The van der Waals surface area contributed by atoms with E-state index < -0.39 is 0 Å². The number of nitrogens with zero attached hydrogens (tertiary/aromatic N) is 1. The summed E-state index contributed by atoms with van der Waals surface area (Å²) < 4.78 is 5.27. The number of aliphatic imine (C=N–C) groups is 1. The molecule has 0 saturated heterocycles. The molecule has 0 heterocycles. The molecule has 20 heavy (non-hydrogen) atoms. The molecular formula is C15H26N4O. The Morgan fingerprint density at radius 1 is 1.40 bits per heavy atom. The third-order valence-corrected chi connectivity index (χ3v) is 3.07. The average Bonchev–Trinajstić information content (AvgIpc) is 2.46. The highest BCUT2D eigenvalue weighted by molar-refractivity contribution is 5.79. The minimum Gasteiger partial charge on any atom is -0.382 e. The molecule has 0 aliphatic heterocycles. The normalized spacial score (nSPS) is 13.1. The maximum atomic E-state index is 5.50. The molecule has 0 aliphatic rings. The summed E-state index contributed by atoms with van der Waals surface area (Å²) in [6.45, 7) is 8.34. The molecule has 1 aromatic rings. The summed E-state index contributed by atoms with van der Waals surface area (Å²) in [6.07, 6.45) is 0.888. The smallest absolute Gasteiger partial charge is 0.206 e. The maximum absolute atomic E-state index is 5.50. The Bertz CT molecular complexity index is 420. The third-order valence-electron chi connectivity index (χ3n) is 3.07. The molecule has 0 aliphatic carbocycles. The number of rotatable bonds is 7. The Morgan fingerprint density at radius 3 is 2.80 bits per heavy atom. The van der Waals surface area contributed by atoms with Gasteiger partial charge in [-0.3, -0.25) is 10.4 Å². The third kappa shape index (κ3) is 5.59. The molecule has 0 spiro atoms. The number of ether oxygens (including phenoxy) is 1. The zero-order valence-corrected chi connectivity index (χ0v) is 12.6. The zero-order valence-electron chi connectivity index (χ0n) is 12.6. The summed E-state index contributed by atoms with van der Waals surface area (Å²) in [4.78, 5) is 4.40. The van der Waals surface area contributed by atoms with Crippen LogP contribution in [0.2, 0.25) is 0 Å². The second-order valence-electron chi connectivity index (χ2n) is 4.65. The molecule has 0 radical (unpaired) electrons. The lowest BCUT2D eigenvalue weighted by Gasteiger charge is -2.18. The van der Waals surface area contributed by atoms with Gasteiger partial charge in [0.2, 0.25) is 5.96 Å². The molecule has 5 heteroatoms. The van der Waals surface area contributed by atoms with Gasteiger partial charge in [-0.25, -0.2) is 5.84 Å². The van der Waals surface area contributed by atoms with E-state index in [1.165, 1.54) is 11.1 Å². The van der Waals surface area contributed by atoms with Crippen molar-refractivity contribution in [1.82, 2.24) is 10.7 Å². The van der Waals surface area contributed by atoms with Crippen LogP contribution < -0.4 is 16.6 Å². The van der Waals surface area contributed by atoms with E-state index in [1.807, 2.05) is 19.1 Å². The van der Waals surface area contributed by atoms with Crippen molar-refractivity contribution < 1.29 is 4.74 Å². The fraction of sp³-hybridized carbons (Fsp3) is 0.533. The zero-order chi connectivity index (χ0) is 14.8. The molecule has 1 unspecified atom stereocenters. The fourth-order valence-electron chi connectivity index (χ4n) is 1.99. The first-order chi connectivity index (χ1) is 9.69. The van der Waals surface area contributed by atoms with E-state index in [2.05, 4.69) is 41.7 Å². The SMILES string of the molecule is CCOCCCN=C(NN)NC(C)c1ccccc1C. The van der Waals surface area contributed by atoms with Gasteiger partial charge in [0.1, 0.15) is 0 Å². The highest BCUT2D eigenvalue weighted by Crippen LogP contribution is 2.16. The van der Waals surface area contributed by atoms with Crippen molar-refractivity contribution in [3.63, 3.8) is 0 Å². The number of nitrogens with two attached hydrogens (primary N) is 1. The first-order valence-corrected chi connectivity index (χ1v) is 7.10. The van der Waals surface area contributed by atoms with E-state index in [0.717, 1.165) is 19.6 Å². The van der Waals surface area contributed by atoms with Gasteiger partial charge in [-0.05, 0) is 38.3 Å². The van der Waals surface area contributed by atoms with Crippen LogP contribution in [-0.4, -0.2) is 25.7 Å². The van der Waals surface area contributed by atoms with Crippen molar-refractivity contribution in [2.24, 2.45) is 10.8 Å². The lowest BCUT2D eigenvalue weighted by atomic mass is 10.0. The van der Waals surface area contributed by atoms with E-state index in [4.69, 9.17) is 10.6 Å². The van der Waals surface area contributed by atoms with E-state index in [9.17, 15) is 0 Å². The van der Waals surface area contributed by atoms with Crippen LogP contribution in [0.3, 0.4) is 0 Å². The lowest BCUT2D eigenvalue weighted by molar-refractivity contribution is 0.146. The Hall–Kier alpha value is -1.59. The van der Waals surface area contributed by atoms with Gasteiger partial charge in [-0.2, -0.15) is 0 Å². The molecule has 0 amide bonds.